The van der Waals surface area contributed by atoms with Gasteiger partial charge in [0.25, 0.3) is 0 Å². The Morgan fingerprint density at radius 2 is 1.86 bits per heavy atom. The van der Waals surface area contributed by atoms with Gasteiger partial charge < -0.3 is 0 Å². The molecule has 0 amide bonds. The van der Waals surface area contributed by atoms with Crippen molar-refractivity contribution in [2.45, 2.75) is 39.0 Å². The van der Waals surface area contributed by atoms with Crippen LogP contribution in [0.5, 0.6) is 0 Å². The van der Waals surface area contributed by atoms with E-state index in [2.05, 4.69) is 37.7 Å². The quantitative estimate of drug-likeness (QED) is 0.641. The summed E-state index contributed by atoms with van der Waals surface area (Å²) in [5.74, 6) is 2.01. The van der Waals surface area contributed by atoms with Crippen LogP contribution in [0.4, 0.5) is 0 Å². The van der Waals surface area contributed by atoms with Crippen LogP contribution in [-0.2, 0) is 12.8 Å². The van der Waals surface area contributed by atoms with Crippen LogP contribution in [0.1, 0.15) is 36.3 Å². The van der Waals surface area contributed by atoms with E-state index in [0.717, 1.165) is 35.5 Å². The van der Waals surface area contributed by atoms with Crippen molar-refractivity contribution < 1.29 is 0 Å². The molecule has 2 aromatic heterocycles. The van der Waals surface area contributed by atoms with Gasteiger partial charge in [0, 0.05) is 11.3 Å². The molecule has 1 aromatic carbocycles. The van der Waals surface area contributed by atoms with E-state index in [1.54, 1.807) is 6.33 Å². The van der Waals surface area contributed by atoms with Crippen LogP contribution in [0.15, 0.2) is 30.6 Å². The van der Waals surface area contributed by atoms with Gasteiger partial charge in [-0.2, -0.15) is 0 Å². The van der Waals surface area contributed by atoms with Gasteiger partial charge in [-0.1, -0.05) is 18.6 Å². The van der Waals surface area contributed by atoms with E-state index >= 15 is 0 Å². The minimum absolute atomic E-state index is 0.987. The van der Waals surface area contributed by atoms with Crippen molar-refractivity contribution in [3.05, 3.63) is 47.7 Å². The molecule has 4 nitrogen and oxygen atoms in total. The fourth-order valence-electron chi connectivity index (χ4n) is 3.29. The Bertz CT molecular complexity index is 804. The number of imidazole rings is 1. The largest absolute Gasteiger partial charge is 0.280 e. The molecule has 21 heavy (non-hydrogen) atoms. The summed E-state index contributed by atoms with van der Waals surface area (Å²) in [6.07, 6.45) is 7.56. The number of hydrogen-bond donors (Lipinski definition) is 0. The summed E-state index contributed by atoms with van der Waals surface area (Å²) in [4.78, 5) is 13.8. The number of para-hydroxylation sites is 2. The van der Waals surface area contributed by atoms with Gasteiger partial charge in [-0.15, -0.1) is 0 Å². The second-order valence-electron chi connectivity index (χ2n) is 5.67. The van der Waals surface area contributed by atoms with Gasteiger partial charge in [-0.3, -0.25) is 4.57 Å². The lowest BCUT2D eigenvalue weighted by molar-refractivity contribution is 0.708. The molecular formula is C17H18N4. The standard InChI is InChI=1S/C17H18N4/c1-12-20-15-9-5-6-10-16(15)21(12)17-13-7-3-2-4-8-14(13)18-11-19-17/h5-6,9-11H,2-4,7-8H2,1H3. The molecule has 4 rings (SSSR count). The highest BCUT2D eigenvalue weighted by Crippen LogP contribution is 2.27. The van der Waals surface area contributed by atoms with E-state index in [-0.39, 0.29) is 0 Å². The van der Waals surface area contributed by atoms with Crippen molar-refractivity contribution in [1.82, 2.24) is 19.5 Å². The lowest BCUT2D eigenvalue weighted by Crippen LogP contribution is -2.08. The Morgan fingerprint density at radius 1 is 1.00 bits per heavy atom. The van der Waals surface area contributed by atoms with E-state index in [1.165, 1.54) is 30.5 Å². The van der Waals surface area contributed by atoms with Crippen LogP contribution in [-0.4, -0.2) is 19.5 Å². The molecule has 0 atom stereocenters. The molecule has 0 fully saturated rings. The predicted octanol–water partition coefficient (Wildman–Crippen LogP) is 3.39. The van der Waals surface area contributed by atoms with E-state index in [4.69, 9.17) is 0 Å². The molecule has 4 heteroatoms. The SMILES string of the molecule is Cc1nc2ccccc2n1-c1ncnc2c1CCCCC2. The minimum atomic E-state index is 0.987. The summed E-state index contributed by atoms with van der Waals surface area (Å²) < 4.78 is 2.18. The molecule has 0 bridgehead atoms. The molecule has 0 saturated carbocycles. The monoisotopic (exact) mass is 278 g/mol. The zero-order chi connectivity index (χ0) is 14.2. The first-order valence-electron chi connectivity index (χ1n) is 7.62. The Labute approximate surface area is 123 Å². The topological polar surface area (TPSA) is 43.6 Å². The number of nitrogens with zero attached hydrogens (tertiary/aromatic N) is 4. The summed E-state index contributed by atoms with van der Waals surface area (Å²) in [5.41, 5.74) is 4.67. The zero-order valence-electron chi connectivity index (χ0n) is 12.2. The van der Waals surface area contributed by atoms with Crippen LogP contribution in [0.2, 0.25) is 0 Å². The lowest BCUT2D eigenvalue weighted by atomic mass is 10.1. The molecule has 1 aliphatic rings. The molecule has 0 radical (unpaired) electrons. The maximum absolute atomic E-state index is 4.66. The number of rotatable bonds is 1. The van der Waals surface area contributed by atoms with Crippen molar-refractivity contribution in [1.29, 1.82) is 0 Å². The molecule has 0 saturated heterocycles. The molecule has 2 heterocycles. The van der Waals surface area contributed by atoms with Crippen LogP contribution >= 0.6 is 0 Å². The van der Waals surface area contributed by atoms with Gasteiger partial charge >= 0.3 is 0 Å². The summed E-state index contributed by atoms with van der Waals surface area (Å²) in [6.45, 7) is 2.05. The highest BCUT2D eigenvalue weighted by molar-refractivity contribution is 5.78. The summed E-state index contributed by atoms with van der Waals surface area (Å²) in [7, 11) is 0. The molecule has 0 unspecified atom stereocenters. The third kappa shape index (κ3) is 2.02. The van der Waals surface area contributed by atoms with Crippen molar-refractivity contribution in [3.8, 4) is 5.82 Å². The summed E-state index contributed by atoms with van der Waals surface area (Å²) in [6, 6.07) is 8.25. The third-order valence-electron chi connectivity index (χ3n) is 4.29. The lowest BCUT2D eigenvalue weighted by Gasteiger charge is -2.13. The number of aromatic nitrogens is 4. The smallest absolute Gasteiger partial charge is 0.145 e. The van der Waals surface area contributed by atoms with E-state index in [1.807, 2.05) is 13.0 Å². The van der Waals surface area contributed by atoms with Crippen LogP contribution in [0.25, 0.3) is 16.9 Å². The number of fused-ring (bicyclic) bond motifs is 2. The molecule has 0 N–H and O–H groups in total. The van der Waals surface area contributed by atoms with E-state index < -0.39 is 0 Å². The molecule has 0 spiro atoms. The normalized spacial score (nSPS) is 14.9. The number of hydrogen-bond acceptors (Lipinski definition) is 3. The van der Waals surface area contributed by atoms with Crippen molar-refractivity contribution in [2.75, 3.05) is 0 Å². The molecule has 106 valence electrons. The second kappa shape index (κ2) is 4.95. The minimum Gasteiger partial charge on any atom is -0.280 e. The van der Waals surface area contributed by atoms with Crippen LogP contribution < -0.4 is 0 Å². The Hall–Kier alpha value is -2.23. The summed E-state index contributed by atoms with van der Waals surface area (Å²) in [5, 5.41) is 0. The molecule has 0 aliphatic heterocycles. The molecule has 3 aromatic rings. The van der Waals surface area contributed by atoms with Gasteiger partial charge in [0.15, 0.2) is 0 Å². The van der Waals surface area contributed by atoms with Crippen LogP contribution in [0, 0.1) is 6.92 Å². The first kappa shape index (κ1) is 12.5. The molecule has 1 aliphatic carbocycles. The van der Waals surface area contributed by atoms with E-state index in [9.17, 15) is 0 Å². The maximum Gasteiger partial charge on any atom is 0.145 e. The highest BCUT2D eigenvalue weighted by Gasteiger charge is 2.18. The van der Waals surface area contributed by atoms with E-state index in [0.29, 0.717) is 0 Å². The average Bonchev–Trinajstić information content (AvgIpc) is 2.68. The van der Waals surface area contributed by atoms with Crippen LogP contribution in [0.3, 0.4) is 0 Å². The Morgan fingerprint density at radius 3 is 2.81 bits per heavy atom. The third-order valence-corrected chi connectivity index (χ3v) is 4.29. The summed E-state index contributed by atoms with van der Waals surface area (Å²) >= 11 is 0. The predicted molar refractivity (Wildman–Crippen MR) is 82.7 cm³/mol. The van der Waals surface area contributed by atoms with Gasteiger partial charge in [0.2, 0.25) is 0 Å². The fourth-order valence-corrected chi connectivity index (χ4v) is 3.29. The average molecular weight is 278 g/mol. The van der Waals surface area contributed by atoms with Crippen molar-refractivity contribution >= 4 is 11.0 Å². The second-order valence-corrected chi connectivity index (χ2v) is 5.67. The highest BCUT2D eigenvalue weighted by atomic mass is 15.1. The van der Waals surface area contributed by atoms with Crippen molar-refractivity contribution in [3.63, 3.8) is 0 Å². The first-order valence-corrected chi connectivity index (χ1v) is 7.62. The van der Waals surface area contributed by atoms with Gasteiger partial charge in [-0.05, 0) is 44.7 Å². The maximum atomic E-state index is 4.66. The number of benzene rings is 1. The van der Waals surface area contributed by atoms with Gasteiger partial charge in [0.05, 0.1) is 11.0 Å². The fraction of sp³-hybridized carbons (Fsp3) is 0.353. The molecular weight excluding hydrogens is 260 g/mol. The number of aryl methyl sites for hydroxylation is 2. The first-order chi connectivity index (χ1) is 10.3. The zero-order valence-corrected chi connectivity index (χ0v) is 12.2. The van der Waals surface area contributed by atoms with Gasteiger partial charge in [0.1, 0.15) is 18.0 Å². The Balaban J connectivity index is 1.99. The Kier molecular flexibility index (Phi) is 2.95. The van der Waals surface area contributed by atoms with Gasteiger partial charge in [-0.25, -0.2) is 15.0 Å². The van der Waals surface area contributed by atoms with Crippen molar-refractivity contribution in [2.24, 2.45) is 0 Å².